The highest BCUT2D eigenvalue weighted by atomic mass is 16.7. The van der Waals surface area contributed by atoms with Crippen molar-refractivity contribution in [3.05, 3.63) is 77.1 Å². The van der Waals surface area contributed by atoms with E-state index >= 15 is 0 Å². The van der Waals surface area contributed by atoms with Gasteiger partial charge in [0, 0.05) is 18.2 Å². The first-order valence-corrected chi connectivity index (χ1v) is 16.7. The Morgan fingerprint density at radius 2 is 1.33 bits per heavy atom. The lowest BCUT2D eigenvalue weighted by atomic mass is 9.98. The molecule has 11 atom stereocenters. The molecule has 1 unspecified atom stereocenters. The van der Waals surface area contributed by atoms with Crippen LogP contribution in [-0.4, -0.2) is 147 Å². The normalized spacial score (nSPS) is 30.5. The van der Waals surface area contributed by atoms with Gasteiger partial charge in [-0.3, -0.25) is 0 Å². The lowest BCUT2D eigenvalue weighted by molar-refractivity contribution is -0.295. The number of phenolic OH excluding ortho intramolecular Hbond substituents is 5. The van der Waals surface area contributed by atoms with Crippen LogP contribution in [0.2, 0.25) is 0 Å². The molecule has 3 aliphatic rings. The van der Waals surface area contributed by atoms with Crippen LogP contribution in [0.15, 0.2) is 60.4 Å². The number of rotatable bonds is 10. The molecule has 3 aromatic carbocycles. The number of aromatic hydroxyl groups is 6. The Balaban J connectivity index is 1.28. The molecule has 0 aliphatic carbocycles. The zero-order valence-corrected chi connectivity index (χ0v) is 28.4. The second kappa shape index (κ2) is 16.2. The Morgan fingerprint density at radius 1 is 0.727 bits per heavy atom. The summed E-state index contributed by atoms with van der Waals surface area (Å²) in [6.45, 7) is -1.39. The van der Waals surface area contributed by atoms with Crippen LogP contribution in [0, 0.1) is 0 Å². The molecular weight excluding hydrogens is 736 g/mol. The fourth-order valence-corrected chi connectivity index (χ4v) is 6.03. The van der Waals surface area contributed by atoms with Crippen molar-refractivity contribution in [1.29, 1.82) is 0 Å². The number of hydrogen-bond acceptors (Lipinski definition) is 18. The average molecular weight is 776 g/mol. The van der Waals surface area contributed by atoms with Crippen molar-refractivity contribution in [2.75, 3.05) is 13.2 Å². The summed E-state index contributed by atoms with van der Waals surface area (Å²) in [7, 11) is 0. The summed E-state index contributed by atoms with van der Waals surface area (Å²) in [6, 6.07) is 10.2. The Kier molecular flexibility index (Phi) is 11.6. The van der Waals surface area contributed by atoms with E-state index in [1.54, 1.807) is 12.1 Å². The van der Waals surface area contributed by atoms with Crippen LogP contribution in [0.4, 0.5) is 0 Å². The maximum Gasteiger partial charge on any atom is 0.330 e. The van der Waals surface area contributed by atoms with Crippen molar-refractivity contribution in [3.63, 3.8) is 0 Å². The second-order valence-corrected chi connectivity index (χ2v) is 12.9. The quantitative estimate of drug-likeness (QED) is 0.0499. The molecule has 6 rings (SSSR count). The first-order valence-electron chi connectivity index (χ1n) is 16.7. The third kappa shape index (κ3) is 8.34. The summed E-state index contributed by atoms with van der Waals surface area (Å²) in [5.41, 5.74) is 0.580. The van der Waals surface area contributed by atoms with Gasteiger partial charge in [0.2, 0.25) is 12.6 Å². The van der Waals surface area contributed by atoms with Gasteiger partial charge in [0.05, 0.1) is 18.2 Å². The highest BCUT2D eigenvalue weighted by molar-refractivity contribution is 5.87. The zero-order chi connectivity index (χ0) is 39.7. The van der Waals surface area contributed by atoms with E-state index in [-0.39, 0.29) is 34.1 Å². The summed E-state index contributed by atoms with van der Waals surface area (Å²) >= 11 is 0. The Hall–Kier alpha value is -5.35. The topological polar surface area (TPSA) is 319 Å². The van der Waals surface area contributed by atoms with Crippen LogP contribution in [0.3, 0.4) is 0 Å². The molecular formula is C36H39O19+. The molecule has 0 saturated carbocycles. The lowest BCUT2D eigenvalue weighted by Gasteiger charge is -2.41. The molecule has 19 nitrogen and oxygen atoms in total. The smallest absolute Gasteiger partial charge is 0.330 e. The van der Waals surface area contributed by atoms with Crippen molar-refractivity contribution in [1.82, 2.24) is 0 Å². The number of aliphatic hydroxyl groups excluding tert-OH is 7. The van der Waals surface area contributed by atoms with E-state index in [4.69, 9.17) is 23.7 Å². The van der Waals surface area contributed by atoms with E-state index in [1.165, 1.54) is 30.4 Å². The van der Waals surface area contributed by atoms with Crippen molar-refractivity contribution < 1.29 is 94.5 Å². The van der Waals surface area contributed by atoms with Gasteiger partial charge in [-0.1, -0.05) is 12.1 Å². The molecule has 19 heteroatoms. The number of ether oxygens (including phenoxy) is 6. The van der Waals surface area contributed by atoms with Gasteiger partial charge >= 0.3 is 5.97 Å². The number of esters is 1. The molecule has 13 N–H and O–H groups in total. The maximum absolute atomic E-state index is 12.4. The summed E-state index contributed by atoms with van der Waals surface area (Å²) < 4.78 is 32.7. The molecule has 0 amide bonds. The standard InChI is InChI=1S/C36H38O19/c37-12-24-28(44)30(46)32(48)36(54-24)53-23-11-18-21(51-34(23)15-7-19(40)27(43)20(41)8-15)9-17(39)10-22(18)52-35-33(49)31(47)29(45)25(55-35)13-50-26(42)6-3-14-1-4-16(38)5-2-14/h1-11,24-25,28-41,43-49H,12-13H2/p+1/b6-3+/t24-,25-,28-,29-,30+,31+,32-,33-,34?,35-,36-/m1/s1. The van der Waals surface area contributed by atoms with E-state index in [0.717, 1.165) is 24.3 Å². The van der Waals surface area contributed by atoms with Crippen LogP contribution in [0.1, 0.15) is 22.8 Å². The fourth-order valence-electron chi connectivity index (χ4n) is 6.03. The van der Waals surface area contributed by atoms with Gasteiger partial charge in [-0.15, -0.1) is 0 Å². The third-order valence-electron chi connectivity index (χ3n) is 9.04. The van der Waals surface area contributed by atoms with Crippen molar-refractivity contribution in [2.24, 2.45) is 0 Å². The summed E-state index contributed by atoms with van der Waals surface area (Å²) in [5, 5.41) is 124. The molecule has 296 valence electrons. The molecule has 0 bridgehead atoms. The summed E-state index contributed by atoms with van der Waals surface area (Å²) in [5.74, 6) is -4.12. The number of carbonyl (C=O) groups excluding carboxylic acids is 1. The van der Waals surface area contributed by atoms with Gasteiger partial charge in [-0.05, 0) is 35.9 Å². The van der Waals surface area contributed by atoms with E-state index in [2.05, 4.69) is 4.74 Å². The predicted octanol–water partition coefficient (Wildman–Crippen LogP) is -1.19. The fraction of sp³-hybridized carbons (Fsp3) is 0.361. The number of carbonyl (C=O) groups is 1. The number of aliphatic hydroxyl groups is 8. The number of fused-ring (bicyclic) bond motifs is 1. The first kappa shape index (κ1) is 39.3. The van der Waals surface area contributed by atoms with Crippen molar-refractivity contribution in [3.8, 4) is 40.2 Å². The van der Waals surface area contributed by atoms with Gasteiger partial charge < -0.3 is 89.7 Å². The Bertz CT molecular complexity index is 1890. The molecule has 0 radical (unpaired) electrons. The van der Waals surface area contributed by atoms with Crippen LogP contribution < -0.4 is 4.74 Å². The van der Waals surface area contributed by atoms with Crippen LogP contribution >= 0.6 is 0 Å². The maximum atomic E-state index is 12.4. The van der Waals surface area contributed by atoms with Gasteiger partial charge in [0.15, 0.2) is 23.0 Å². The minimum Gasteiger partial charge on any atom is -0.571 e. The lowest BCUT2D eigenvalue weighted by Crippen LogP contribution is -2.60. The minimum atomic E-state index is -1.90. The molecule has 2 fully saturated rings. The monoisotopic (exact) mass is 775 g/mol. The van der Waals surface area contributed by atoms with Gasteiger partial charge in [-0.2, -0.15) is 0 Å². The molecule has 3 aromatic rings. The highest BCUT2D eigenvalue weighted by Gasteiger charge is 2.48. The van der Waals surface area contributed by atoms with E-state index in [1.807, 2.05) is 0 Å². The number of phenols is 5. The van der Waals surface area contributed by atoms with Gasteiger partial charge in [0.1, 0.15) is 78.3 Å². The van der Waals surface area contributed by atoms with Crippen LogP contribution in [-0.2, 0) is 23.7 Å². The van der Waals surface area contributed by atoms with Crippen molar-refractivity contribution >= 4 is 18.1 Å². The van der Waals surface area contributed by atoms with Gasteiger partial charge in [0.25, 0.3) is 11.9 Å². The molecule has 55 heavy (non-hydrogen) atoms. The predicted molar refractivity (Wildman–Crippen MR) is 182 cm³/mol. The van der Waals surface area contributed by atoms with Crippen molar-refractivity contribution in [2.45, 2.75) is 67.5 Å². The number of benzene rings is 3. The summed E-state index contributed by atoms with van der Waals surface area (Å²) in [6.07, 6.45) is -14.9. The zero-order valence-electron chi connectivity index (χ0n) is 28.4. The van der Waals surface area contributed by atoms with Gasteiger partial charge in [-0.25, -0.2) is 4.79 Å². The number of hydrogen-bond donors (Lipinski definition) is 12. The first-order chi connectivity index (χ1) is 26.1. The molecule has 0 spiro atoms. The minimum absolute atomic E-state index is 0.00135. The summed E-state index contributed by atoms with van der Waals surface area (Å²) in [4.78, 5) is 12.4. The average Bonchev–Trinajstić information content (AvgIpc) is 3.16. The van der Waals surface area contributed by atoms with Crippen LogP contribution in [0.5, 0.6) is 40.2 Å². The van der Waals surface area contributed by atoms with Crippen LogP contribution in [0.25, 0.3) is 12.2 Å². The highest BCUT2D eigenvalue weighted by Crippen LogP contribution is 2.48. The molecule has 3 heterocycles. The molecule has 0 aromatic heterocycles. The Morgan fingerprint density at radius 3 is 1.96 bits per heavy atom. The molecule has 3 aliphatic heterocycles. The third-order valence-corrected chi connectivity index (χ3v) is 9.04. The van der Waals surface area contributed by atoms with E-state index in [9.17, 15) is 66.1 Å². The second-order valence-electron chi connectivity index (χ2n) is 12.9. The van der Waals surface area contributed by atoms with E-state index in [0.29, 0.717) is 5.56 Å². The Labute approximate surface area is 310 Å². The van der Waals surface area contributed by atoms with E-state index < -0.39 is 110 Å². The largest absolute Gasteiger partial charge is 0.571 e. The SMILES string of the molecule is O=C(/C=C/c1ccc(O)cc1)OC[C@H]1O[C@@H](Oc2cc(O)cc3c2C=C(O[C@@H]2O[C@H](CO)[C@@H](O)[C@H](O)[C@H]2O)C(c2cc(O)c(O)c(O)c2)[OH+]3)[C@H](O)[C@@H](O)[C@@H]1O. The molecule has 2 saturated heterocycles.